The number of ketones is 1. The van der Waals surface area contributed by atoms with E-state index in [2.05, 4.69) is 5.32 Å². The zero-order valence-corrected chi connectivity index (χ0v) is 19.5. The highest BCUT2D eigenvalue weighted by Crippen LogP contribution is 2.70. The van der Waals surface area contributed by atoms with E-state index in [1.54, 1.807) is 13.0 Å². The lowest BCUT2D eigenvalue weighted by Crippen LogP contribution is -2.70. The topological polar surface area (TPSA) is 86.6 Å². The lowest BCUT2D eigenvalue weighted by molar-refractivity contribution is -0.220. The fraction of sp³-hybridized carbons (Fsp3) is 0.760. The predicted molar refractivity (Wildman–Crippen MR) is 116 cm³/mol. The molecule has 31 heavy (non-hydrogen) atoms. The van der Waals surface area contributed by atoms with Gasteiger partial charge in [0.2, 0.25) is 0 Å². The normalized spacial score (nSPS) is 49.1. The Morgan fingerprint density at radius 2 is 1.90 bits per heavy atom. The van der Waals surface area contributed by atoms with Crippen LogP contribution in [0.2, 0.25) is 0 Å². The summed E-state index contributed by atoms with van der Waals surface area (Å²) in [5, 5.41) is 26.1. The molecule has 0 aromatic carbocycles. The largest absolute Gasteiger partial charge is 0.390 e. The Morgan fingerprint density at radius 1 is 1.26 bits per heavy atom. The van der Waals surface area contributed by atoms with Crippen molar-refractivity contribution in [1.82, 2.24) is 5.32 Å². The van der Waals surface area contributed by atoms with E-state index in [1.807, 2.05) is 34.6 Å². The quantitative estimate of drug-likeness (QED) is 0.593. The van der Waals surface area contributed by atoms with Gasteiger partial charge in [-0.1, -0.05) is 25.5 Å². The SMILES string of the molecule is CC1CC2C3CCC4=CC(=O)C=CC4(C)C3(F)C(O)CC2(C)C1(O)C(=O)NC(C)(C)C. The lowest BCUT2D eigenvalue weighted by atomic mass is 9.44. The molecule has 4 aliphatic rings. The number of carbonyl (C=O) groups excluding carboxylic acids is 2. The first-order valence-electron chi connectivity index (χ1n) is 11.5. The molecule has 0 bridgehead atoms. The number of hydrogen-bond acceptors (Lipinski definition) is 4. The van der Waals surface area contributed by atoms with Gasteiger partial charge >= 0.3 is 0 Å². The first-order chi connectivity index (χ1) is 14.1. The Hall–Kier alpha value is -1.53. The minimum Gasteiger partial charge on any atom is -0.390 e. The number of aliphatic hydroxyl groups is 2. The molecule has 0 heterocycles. The van der Waals surface area contributed by atoms with Crippen LogP contribution in [0.5, 0.6) is 0 Å². The van der Waals surface area contributed by atoms with Gasteiger partial charge in [0, 0.05) is 22.3 Å². The highest BCUT2D eigenvalue weighted by molar-refractivity contribution is 6.01. The number of allylic oxidation sites excluding steroid dienone is 4. The smallest absolute Gasteiger partial charge is 0.253 e. The van der Waals surface area contributed by atoms with E-state index < -0.39 is 45.6 Å². The number of carbonyl (C=O) groups is 2. The zero-order valence-electron chi connectivity index (χ0n) is 19.5. The second-order valence-corrected chi connectivity index (χ2v) is 11.9. The third-order valence-electron chi connectivity index (χ3n) is 9.06. The maximum absolute atomic E-state index is 17.1. The highest BCUT2D eigenvalue weighted by Gasteiger charge is 2.75. The summed E-state index contributed by atoms with van der Waals surface area (Å²) in [7, 11) is 0. The molecule has 1 amide bonds. The van der Waals surface area contributed by atoms with Crippen LogP contribution < -0.4 is 5.32 Å². The molecule has 8 unspecified atom stereocenters. The van der Waals surface area contributed by atoms with Crippen molar-refractivity contribution in [3.05, 3.63) is 23.8 Å². The van der Waals surface area contributed by atoms with Crippen LogP contribution in [-0.2, 0) is 9.59 Å². The molecular weight excluding hydrogens is 397 g/mol. The summed E-state index contributed by atoms with van der Waals surface area (Å²) in [5.74, 6) is -1.72. The number of halogens is 1. The van der Waals surface area contributed by atoms with E-state index in [4.69, 9.17) is 0 Å². The first-order valence-corrected chi connectivity index (χ1v) is 11.5. The van der Waals surface area contributed by atoms with Gasteiger partial charge in [0.15, 0.2) is 17.1 Å². The number of nitrogens with one attached hydrogen (secondary N) is 1. The molecule has 4 aliphatic carbocycles. The van der Waals surface area contributed by atoms with Gasteiger partial charge in [0.1, 0.15) is 0 Å². The van der Waals surface area contributed by atoms with Crippen molar-refractivity contribution in [2.45, 2.75) is 90.1 Å². The van der Waals surface area contributed by atoms with Crippen LogP contribution in [0.15, 0.2) is 23.8 Å². The molecule has 0 saturated heterocycles. The van der Waals surface area contributed by atoms with Crippen molar-refractivity contribution in [3.63, 3.8) is 0 Å². The van der Waals surface area contributed by atoms with Crippen LogP contribution in [-0.4, -0.2) is 44.8 Å². The highest BCUT2D eigenvalue weighted by atomic mass is 19.1. The van der Waals surface area contributed by atoms with Crippen LogP contribution >= 0.6 is 0 Å². The first kappa shape index (κ1) is 22.7. The molecule has 4 rings (SSSR count). The summed E-state index contributed by atoms with van der Waals surface area (Å²) in [6.07, 6.45) is 4.76. The van der Waals surface area contributed by atoms with E-state index in [0.717, 1.165) is 5.57 Å². The van der Waals surface area contributed by atoms with Gasteiger partial charge in [-0.15, -0.1) is 0 Å². The summed E-state index contributed by atoms with van der Waals surface area (Å²) >= 11 is 0. The van der Waals surface area contributed by atoms with Crippen LogP contribution in [0.25, 0.3) is 0 Å². The van der Waals surface area contributed by atoms with Gasteiger partial charge < -0.3 is 15.5 Å². The third kappa shape index (κ3) is 2.73. The molecule has 172 valence electrons. The van der Waals surface area contributed by atoms with Crippen molar-refractivity contribution >= 4 is 11.7 Å². The van der Waals surface area contributed by atoms with E-state index in [1.165, 1.54) is 12.2 Å². The molecule has 5 nitrogen and oxygen atoms in total. The summed E-state index contributed by atoms with van der Waals surface area (Å²) in [4.78, 5) is 25.3. The maximum Gasteiger partial charge on any atom is 0.253 e. The van der Waals surface area contributed by atoms with Crippen molar-refractivity contribution in [3.8, 4) is 0 Å². The molecule has 0 aromatic heterocycles. The van der Waals surface area contributed by atoms with Gasteiger partial charge in [0.25, 0.3) is 5.91 Å². The van der Waals surface area contributed by atoms with Crippen molar-refractivity contribution in [2.75, 3.05) is 0 Å². The van der Waals surface area contributed by atoms with E-state index in [-0.39, 0.29) is 24.0 Å². The van der Waals surface area contributed by atoms with E-state index in [0.29, 0.717) is 19.3 Å². The standard InChI is InChI=1S/C25H36FNO4/c1-14-11-18-17-8-7-15-12-16(28)9-10-22(15,5)24(17,26)19(29)13-23(18,6)25(14,31)20(30)27-21(2,3)4/h9-10,12,14,17-19,29,31H,7-8,11,13H2,1-6H3,(H,27,30). The summed E-state index contributed by atoms with van der Waals surface area (Å²) in [6.45, 7) is 11.1. The average molecular weight is 434 g/mol. The summed E-state index contributed by atoms with van der Waals surface area (Å²) in [5.41, 5.74) is -5.45. The second kappa shape index (κ2) is 6.50. The van der Waals surface area contributed by atoms with Crippen LogP contribution in [0.3, 0.4) is 0 Å². The molecule has 0 radical (unpaired) electrons. The number of alkyl halides is 1. The number of hydrogen-bond donors (Lipinski definition) is 3. The van der Waals surface area contributed by atoms with Gasteiger partial charge in [-0.3, -0.25) is 9.59 Å². The molecule has 3 N–H and O–H groups in total. The van der Waals surface area contributed by atoms with E-state index in [9.17, 15) is 19.8 Å². The number of fused-ring (bicyclic) bond motifs is 5. The zero-order chi connectivity index (χ0) is 23.2. The molecule has 0 spiro atoms. The van der Waals surface area contributed by atoms with Gasteiger partial charge in [0.05, 0.1) is 6.10 Å². The fourth-order valence-corrected chi connectivity index (χ4v) is 7.47. The maximum atomic E-state index is 17.1. The van der Waals surface area contributed by atoms with Gasteiger partial charge in [-0.05, 0) is 77.4 Å². The van der Waals surface area contributed by atoms with Crippen LogP contribution in [0.4, 0.5) is 4.39 Å². The van der Waals surface area contributed by atoms with Crippen LogP contribution in [0, 0.1) is 28.6 Å². The Kier molecular flexibility index (Phi) is 4.75. The third-order valence-corrected chi connectivity index (χ3v) is 9.06. The van der Waals surface area contributed by atoms with Gasteiger partial charge in [-0.2, -0.15) is 0 Å². The summed E-state index contributed by atoms with van der Waals surface area (Å²) in [6, 6.07) is 0. The Bertz CT molecular complexity index is 890. The molecule has 6 heteroatoms. The fourth-order valence-electron chi connectivity index (χ4n) is 7.47. The Labute approximate surface area is 184 Å². The minimum atomic E-state index is -1.95. The monoisotopic (exact) mass is 433 g/mol. The van der Waals surface area contributed by atoms with E-state index >= 15 is 4.39 Å². The minimum absolute atomic E-state index is 0.00622. The molecule has 0 aromatic rings. The lowest BCUT2D eigenvalue weighted by Gasteiger charge is -2.62. The van der Waals surface area contributed by atoms with Crippen molar-refractivity contribution < 1.29 is 24.2 Å². The second-order valence-electron chi connectivity index (χ2n) is 11.9. The number of rotatable bonds is 1. The van der Waals surface area contributed by atoms with Crippen LogP contribution in [0.1, 0.15) is 67.2 Å². The molecule has 0 aliphatic heterocycles. The number of aliphatic hydroxyl groups excluding tert-OH is 1. The summed E-state index contributed by atoms with van der Waals surface area (Å²) < 4.78 is 17.1. The Balaban J connectivity index is 1.79. The molecule has 3 fully saturated rings. The number of amides is 1. The van der Waals surface area contributed by atoms with Crippen molar-refractivity contribution in [2.24, 2.45) is 28.6 Å². The predicted octanol–water partition coefficient (Wildman–Crippen LogP) is 3.25. The Morgan fingerprint density at radius 3 is 2.52 bits per heavy atom. The van der Waals surface area contributed by atoms with Gasteiger partial charge in [-0.25, -0.2) is 4.39 Å². The molecular formula is C25H36FNO4. The molecule has 3 saturated carbocycles. The molecule has 8 atom stereocenters. The average Bonchev–Trinajstić information content (AvgIpc) is 2.84. The van der Waals surface area contributed by atoms with Crippen molar-refractivity contribution in [1.29, 1.82) is 0 Å².